The van der Waals surface area contributed by atoms with Gasteiger partial charge in [0.2, 0.25) is 0 Å². The third-order valence-electron chi connectivity index (χ3n) is 5.04. The fraction of sp³-hybridized carbons (Fsp3) is 0.263. The second-order valence-electron chi connectivity index (χ2n) is 6.40. The van der Waals surface area contributed by atoms with Gasteiger partial charge in [0.25, 0.3) is 11.8 Å². The predicted octanol–water partition coefficient (Wildman–Crippen LogP) is 2.37. The Morgan fingerprint density at radius 2 is 2.31 bits per heavy atom. The van der Waals surface area contributed by atoms with E-state index in [0.717, 1.165) is 17.8 Å². The number of carbonyl (C=O) groups excluding carboxylic acids is 1. The molecule has 7 nitrogen and oxygen atoms in total. The van der Waals surface area contributed by atoms with Gasteiger partial charge in [-0.25, -0.2) is 4.98 Å². The summed E-state index contributed by atoms with van der Waals surface area (Å²) < 4.78 is 7.35. The molecule has 2 aliphatic heterocycles. The van der Waals surface area contributed by atoms with Gasteiger partial charge in [-0.3, -0.25) is 9.36 Å². The number of benzene rings is 1. The zero-order chi connectivity index (χ0) is 17.8. The summed E-state index contributed by atoms with van der Waals surface area (Å²) in [4.78, 5) is 23.8. The van der Waals surface area contributed by atoms with Gasteiger partial charge in [-0.05, 0) is 24.6 Å². The molecule has 1 amide bonds. The minimum Gasteiger partial charge on any atom is -0.332 e. The molecule has 2 aromatic heterocycles. The van der Waals surface area contributed by atoms with Crippen molar-refractivity contribution in [2.75, 3.05) is 6.54 Å². The van der Waals surface area contributed by atoms with Crippen LogP contribution in [0.1, 0.15) is 46.8 Å². The number of aryl methyl sites for hydroxylation is 1. The molecule has 1 saturated heterocycles. The first-order valence-corrected chi connectivity index (χ1v) is 8.53. The molecule has 0 bridgehead atoms. The predicted molar refractivity (Wildman–Crippen MR) is 92.6 cm³/mol. The van der Waals surface area contributed by atoms with Gasteiger partial charge in [0.15, 0.2) is 11.5 Å². The summed E-state index contributed by atoms with van der Waals surface area (Å²) in [6, 6.07) is 5.41. The Balaban J connectivity index is 1.75. The first-order chi connectivity index (χ1) is 12.7. The first kappa shape index (κ1) is 14.9. The lowest BCUT2D eigenvalue weighted by Gasteiger charge is -2.39. The van der Waals surface area contributed by atoms with Crippen molar-refractivity contribution in [3.05, 3.63) is 47.2 Å². The Morgan fingerprint density at radius 1 is 1.42 bits per heavy atom. The van der Waals surface area contributed by atoms with Gasteiger partial charge in [0.05, 0.1) is 23.0 Å². The van der Waals surface area contributed by atoms with E-state index in [1.165, 1.54) is 0 Å². The zero-order valence-electron chi connectivity index (χ0n) is 14.1. The lowest BCUT2D eigenvalue weighted by atomic mass is 9.97. The van der Waals surface area contributed by atoms with Crippen LogP contribution in [0, 0.1) is 12.3 Å². The van der Waals surface area contributed by atoms with Crippen LogP contribution in [0.2, 0.25) is 0 Å². The fourth-order valence-corrected chi connectivity index (χ4v) is 3.60. The molecule has 4 heterocycles. The van der Waals surface area contributed by atoms with Crippen LogP contribution >= 0.6 is 0 Å². The van der Waals surface area contributed by atoms with E-state index >= 15 is 0 Å². The number of aromatic nitrogens is 4. The van der Waals surface area contributed by atoms with Gasteiger partial charge in [-0.1, -0.05) is 18.0 Å². The largest absolute Gasteiger partial charge is 0.332 e. The molecule has 26 heavy (non-hydrogen) atoms. The molecule has 1 atom stereocenters. The van der Waals surface area contributed by atoms with Crippen LogP contribution in [-0.2, 0) is 6.42 Å². The van der Waals surface area contributed by atoms with Gasteiger partial charge in [-0.15, -0.1) is 6.42 Å². The SMILES string of the molecule is C#Cc1ccc2c(c1)C(=O)N1CC[C@H]1c1c(-c3nc(CC)no3)ncn1-2. The van der Waals surface area contributed by atoms with Crippen molar-refractivity contribution in [2.45, 2.75) is 25.8 Å². The maximum atomic E-state index is 13.0. The number of fused-ring (bicyclic) bond motifs is 5. The molecule has 2 aliphatic rings. The summed E-state index contributed by atoms with van der Waals surface area (Å²) in [7, 11) is 0. The van der Waals surface area contributed by atoms with Crippen LogP contribution in [0.5, 0.6) is 0 Å². The fourth-order valence-electron chi connectivity index (χ4n) is 3.60. The molecular formula is C19H15N5O2. The summed E-state index contributed by atoms with van der Waals surface area (Å²) in [5.41, 5.74) is 3.58. The van der Waals surface area contributed by atoms with E-state index in [1.54, 1.807) is 12.4 Å². The highest BCUT2D eigenvalue weighted by molar-refractivity contribution is 5.99. The monoisotopic (exact) mass is 345 g/mol. The van der Waals surface area contributed by atoms with Crippen molar-refractivity contribution in [2.24, 2.45) is 0 Å². The third-order valence-corrected chi connectivity index (χ3v) is 5.04. The number of nitrogens with zero attached hydrogens (tertiary/aromatic N) is 5. The summed E-state index contributed by atoms with van der Waals surface area (Å²) in [6.07, 6.45) is 8.78. The first-order valence-electron chi connectivity index (χ1n) is 8.53. The molecule has 0 spiro atoms. The molecule has 128 valence electrons. The molecule has 5 rings (SSSR count). The Morgan fingerprint density at radius 3 is 3.00 bits per heavy atom. The second kappa shape index (κ2) is 5.30. The van der Waals surface area contributed by atoms with Gasteiger partial charge >= 0.3 is 0 Å². The Kier molecular flexibility index (Phi) is 3.04. The van der Waals surface area contributed by atoms with Crippen LogP contribution in [-0.4, -0.2) is 37.0 Å². The summed E-state index contributed by atoms with van der Waals surface area (Å²) in [6.45, 7) is 2.67. The quantitative estimate of drug-likeness (QED) is 0.667. The number of amides is 1. The van der Waals surface area contributed by atoms with Gasteiger partial charge in [0.1, 0.15) is 6.33 Å². The maximum absolute atomic E-state index is 13.0. The smallest absolute Gasteiger partial charge is 0.278 e. The Labute approximate surface area is 149 Å². The number of hydrogen-bond acceptors (Lipinski definition) is 5. The normalized spacial score (nSPS) is 17.6. The average molecular weight is 345 g/mol. The highest BCUT2D eigenvalue weighted by Crippen LogP contribution is 2.43. The zero-order valence-corrected chi connectivity index (χ0v) is 14.1. The van der Waals surface area contributed by atoms with E-state index in [9.17, 15) is 4.79 Å². The number of terminal acetylenes is 1. The van der Waals surface area contributed by atoms with Crippen molar-refractivity contribution >= 4 is 5.91 Å². The highest BCUT2D eigenvalue weighted by Gasteiger charge is 2.42. The van der Waals surface area contributed by atoms with Crippen molar-refractivity contribution in [3.8, 4) is 29.6 Å². The van der Waals surface area contributed by atoms with Crippen LogP contribution in [0.3, 0.4) is 0 Å². The van der Waals surface area contributed by atoms with Crippen LogP contribution in [0.4, 0.5) is 0 Å². The maximum Gasteiger partial charge on any atom is 0.278 e. The molecule has 0 N–H and O–H groups in total. The number of carbonyl (C=O) groups is 1. The van der Waals surface area contributed by atoms with Gasteiger partial charge in [-0.2, -0.15) is 4.98 Å². The molecule has 0 unspecified atom stereocenters. The Bertz CT molecular complexity index is 1090. The molecule has 7 heteroatoms. The van der Waals surface area contributed by atoms with E-state index in [-0.39, 0.29) is 11.9 Å². The molecule has 0 aliphatic carbocycles. The Hall–Kier alpha value is -3.40. The third kappa shape index (κ3) is 1.90. The standard InChI is InChI=1S/C19H15N5O2/c1-3-11-5-6-13-12(9-11)19(25)23-8-7-14(23)17-16(20-10-24(13)17)18-21-15(4-2)22-26-18/h1,5-6,9-10,14H,4,7-8H2,2H3/t14-/m0/s1. The number of imidazole rings is 1. The van der Waals surface area contributed by atoms with E-state index in [1.807, 2.05) is 28.5 Å². The second-order valence-corrected chi connectivity index (χ2v) is 6.40. The summed E-state index contributed by atoms with van der Waals surface area (Å²) in [5, 5.41) is 3.97. The van der Waals surface area contributed by atoms with Crippen LogP contribution in [0.25, 0.3) is 17.3 Å². The molecule has 1 aromatic carbocycles. The highest BCUT2D eigenvalue weighted by atomic mass is 16.5. The van der Waals surface area contributed by atoms with E-state index in [4.69, 9.17) is 10.9 Å². The minimum absolute atomic E-state index is 0.0113. The van der Waals surface area contributed by atoms with E-state index < -0.39 is 0 Å². The van der Waals surface area contributed by atoms with Crippen molar-refractivity contribution in [1.29, 1.82) is 0 Å². The summed E-state index contributed by atoms with van der Waals surface area (Å²) >= 11 is 0. The van der Waals surface area contributed by atoms with E-state index in [2.05, 4.69) is 21.0 Å². The van der Waals surface area contributed by atoms with Gasteiger partial charge < -0.3 is 9.42 Å². The minimum atomic E-state index is -0.0568. The van der Waals surface area contributed by atoms with E-state index in [0.29, 0.717) is 41.5 Å². The van der Waals surface area contributed by atoms with Gasteiger partial charge in [0, 0.05) is 18.5 Å². The average Bonchev–Trinajstić information content (AvgIpc) is 3.25. The summed E-state index contributed by atoms with van der Waals surface area (Å²) in [5.74, 6) is 3.61. The lowest BCUT2D eigenvalue weighted by Crippen LogP contribution is -2.44. The molecule has 3 aromatic rings. The number of rotatable bonds is 2. The topological polar surface area (TPSA) is 77.1 Å². The molecule has 1 fully saturated rings. The molecular weight excluding hydrogens is 330 g/mol. The van der Waals surface area contributed by atoms with Crippen molar-refractivity contribution in [3.63, 3.8) is 0 Å². The molecule has 0 radical (unpaired) electrons. The van der Waals surface area contributed by atoms with Crippen LogP contribution < -0.4 is 0 Å². The molecule has 0 saturated carbocycles. The van der Waals surface area contributed by atoms with Crippen molar-refractivity contribution < 1.29 is 9.32 Å². The van der Waals surface area contributed by atoms with Crippen molar-refractivity contribution in [1.82, 2.24) is 24.6 Å². The number of hydrogen-bond donors (Lipinski definition) is 0. The lowest BCUT2D eigenvalue weighted by molar-refractivity contribution is 0.0461. The van der Waals surface area contributed by atoms with Crippen LogP contribution in [0.15, 0.2) is 29.0 Å².